The van der Waals surface area contributed by atoms with Gasteiger partial charge in [-0.15, -0.1) is 0 Å². The summed E-state index contributed by atoms with van der Waals surface area (Å²) >= 11 is 0. The van der Waals surface area contributed by atoms with Crippen molar-refractivity contribution in [1.82, 2.24) is 15.5 Å². The summed E-state index contributed by atoms with van der Waals surface area (Å²) in [7, 11) is 0. The van der Waals surface area contributed by atoms with E-state index in [4.69, 9.17) is 4.74 Å². The van der Waals surface area contributed by atoms with Crippen LogP contribution in [0.4, 0.5) is 19.4 Å². The van der Waals surface area contributed by atoms with E-state index >= 15 is 0 Å². The van der Waals surface area contributed by atoms with Crippen molar-refractivity contribution >= 4 is 22.8 Å². The Kier molecular flexibility index (Phi) is 6.83. The standard InChI is InChI=1S/C20H22F2N4O3/c1-2-3-10-23-20(27)24-18-15-9-8-14(11-16(15)25-26-18)28-12-13-6-4-5-7-17(13)29-19(21)22/h4-9,11,19H,2-3,10,12H2,1H3,(H3,23,24,25,26,27). The molecule has 3 rings (SSSR count). The van der Waals surface area contributed by atoms with Crippen molar-refractivity contribution in [3.8, 4) is 11.5 Å². The van der Waals surface area contributed by atoms with E-state index in [9.17, 15) is 13.6 Å². The maximum atomic E-state index is 12.5. The molecule has 2 amide bonds. The number of hydrogen-bond donors (Lipinski definition) is 3. The smallest absolute Gasteiger partial charge is 0.387 e. The third kappa shape index (κ3) is 5.56. The second-order valence-corrected chi connectivity index (χ2v) is 6.29. The number of halogens is 2. The number of hydrogen-bond acceptors (Lipinski definition) is 4. The van der Waals surface area contributed by atoms with Gasteiger partial charge in [-0.1, -0.05) is 31.5 Å². The summed E-state index contributed by atoms with van der Waals surface area (Å²) in [6.07, 6.45) is 1.90. The van der Waals surface area contributed by atoms with Crippen molar-refractivity contribution in [2.45, 2.75) is 33.0 Å². The molecule has 0 aliphatic heterocycles. The van der Waals surface area contributed by atoms with Crippen LogP contribution in [0, 0.1) is 0 Å². The number of nitrogens with zero attached hydrogens (tertiary/aromatic N) is 1. The molecule has 0 radical (unpaired) electrons. The Hall–Kier alpha value is -3.36. The van der Waals surface area contributed by atoms with Gasteiger partial charge >= 0.3 is 12.6 Å². The lowest BCUT2D eigenvalue weighted by molar-refractivity contribution is -0.0508. The topological polar surface area (TPSA) is 88.3 Å². The number of fused-ring (bicyclic) bond motifs is 1. The van der Waals surface area contributed by atoms with Crippen molar-refractivity contribution in [1.29, 1.82) is 0 Å². The lowest BCUT2D eigenvalue weighted by atomic mass is 10.2. The lowest BCUT2D eigenvalue weighted by Crippen LogP contribution is -2.29. The molecular formula is C20H22F2N4O3. The average Bonchev–Trinajstić information content (AvgIpc) is 3.09. The van der Waals surface area contributed by atoms with Crippen molar-refractivity contribution < 1.29 is 23.0 Å². The van der Waals surface area contributed by atoms with Crippen LogP contribution in [0.15, 0.2) is 42.5 Å². The van der Waals surface area contributed by atoms with Gasteiger partial charge in [0.05, 0.1) is 5.52 Å². The number of H-pyrrole nitrogens is 1. The van der Waals surface area contributed by atoms with Crippen LogP contribution in [0.2, 0.25) is 0 Å². The molecule has 0 fully saturated rings. The van der Waals surface area contributed by atoms with Crippen LogP contribution in [-0.2, 0) is 6.61 Å². The van der Waals surface area contributed by atoms with Crippen LogP contribution in [0.1, 0.15) is 25.3 Å². The molecule has 9 heteroatoms. The van der Waals surface area contributed by atoms with Crippen LogP contribution in [0.3, 0.4) is 0 Å². The van der Waals surface area contributed by atoms with Crippen molar-refractivity contribution in [3.63, 3.8) is 0 Å². The van der Waals surface area contributed by atoms with Crippen molar-refractivity contribution in [3.05, 3.63) is 48.0 Å². The predicted octanol–water partition coefficient (Wildman–Crippen LogP) is 4.66. The number of carbonyl (C=O) groups is 1. The normalized spacial score (nSPS) is 10.9. The molecule has 3 aromatic rings. The average molecular weight is 404 g/mol. The number of ether oxygens (including phenoxy) is 2. The number of amides is 2. The van der Waals surface area contributed by atoms with Crippen LogP contribution in [-0.4, -0.2) is 29.4 Å². The summed E-state index contributed by atoms with van der Waals surface area (Å²) in [5.74, 6) is 1.01. The number of alkyl halides is 2. The van der Waals surface area contributed by atoms with Crippen LogP contribution >= 0.6 is 0 Å². The summed E-state index contributed by atoms with van der Waals surface area (Å²) in [4.78, 5) is 11.9. The second-order valence-electron chi connectivity index (χ2n) is 6.29. The summed E-state index contributed by atoms with van der Waals surface area (Å²) in [6.45, 7) is -0.194. The first-order valence-electron chi connectivity index (χ1n) is 9.25. The molecule has 3 N–H and O–H groups in total. The highest BCUT2D eigenvalue weighted by Crippen LogP contribution is 2.27. The molecule has 0 aliphatic rings. The quantitative estimate of drug-likeness (QED) is 0.453. The number of carbonyl (C=O) groups excluding carboxylic acids is 1. The summed E-state index contributed by atoms with van der Waals surface area (Å²) < 4.78 is 35.2. The minimum Gasteiger partial charge on any atom is -0.489 e. The van der Waals surface area contributed by atoms with Crippen LogP contribution in [0.25, 0.3) is 10.9 Å². The maximum absolute atomic E-state index is 12.5. The highest BCUT2D eigenvalue weighted by atomic mass is 19.3. The number of benzene rings is 2. The minimum atomic E-state index is -2.90. The fraction of sp³-hybridized carbons (Fsp3) is 0.300. The monoisotopic (exact) mass is 404 g/mol. The zero-order valence-corrected chi connectivity index (χ0v) is 15.9. The fourth-order valence-electron chi connectivity index (χ4n) is 2.71. The summed E-state index contributed by atoms with van der Waals surface area (Å²) in [5.41, 5.74) is 1.17. The van der Waals surface area contributed by atoms with Gasteiger partial charge in [-0.2, -0.15) is 13.9 Å². The third-order valence-electron chi connectivity index (χ3n) is 4.17. The molecular weight excluding hydrogens is 382 g/mol. The van der Waals surface area contributed by atoms with Crippen molar-refractivity contribution in [2.75, 3.05) is 11.9 Å². The van der Waals surface area contributed by atoms with E-state index in [1.54, 1.807) is 36.4 Å². The molecule has 154 valence electrons. The van der Waals surface area contributed by atoms with Gasteiger partial charge in [0, 0.05) is 23.6 Å². The Bertz CT molecular complexity index is 962. The number of aromatic amines is 1. The number of anilines is 1. The minimum absolute atomic E-state index is 0.0630. The van der Waals surface area contributed by atoms with Crippen LogP contribution in [0.5, 0.6) is 11.5 Å². The summed E-state index contributed by atoms with van der Waals surface area (Å²) in [5, 5.41) is 13.1. The molecule has 0 atom stereocenters. The molecule has 29 heavy (non-hydrogen) atoms. The first-order chi connectivity index (χ1) is 14.1. The number of rotatable bonds is 9. The predicted molar refractivity (Wildman–Crippen MR) is 105 cm³/mol. The van der Waals surface area contributed by atoms with E-state index < -0.39 is 6.61 Å². The first kappa shape index (κ1) is 20.4. The zero-order chi connectivity index (χ0) is 20.6. The number of aromatic nitrogens is 2. The molecule has 0 aliphatic carbocycles. The van der Waals surface area contributed by atoms with E-state index in [0.29, 0.717) is 29.2 Å². The maximum Gasteiger partial charge on any atom is 0.387 e. The fourth-order valence-corrected chi connectivity index (χ4v) is 2.71. The Morgan fingerprint density at radius 1 is 1.24 bits per heavy atom. The zero-order valence-electron chi connectivity index (χ0n) is 15.9. The SMILES string of the molecule is CCCCNC(=O)Nc1n[nH]c2cc(OCc3ccccc3OC(F)F)ccc12. The molecule has 0 saturated carbocycles. The molecule has 0 spiro atoms. The van der Waals surface area contributed by atoms with E-state index in [-0.39, 0.29) is 18.4 Å². The van der Waals surface area contributed by atoms with E-state index in [2.05, 4.69) is 25.6 Å². The van der Waals surface area contributed by atoms with Gasteiger partial charge in [0.15, 0.2) is 5.82 Å². The van der Waals surface area contributed by atoms with E-state index in [1.807, 2.05) is 6.92 Å². The Labute approximate surface area is 166 Å². The number of para-hydroxylation sites is 1. The lowest BCUT2D eigenvalue weighted by Gasteiger charge is -2.11. The van der Waals surface area contributed by atoms with Gasteiger partial charge in [0.25, 0.3) is 0 Å². The number of urea groups is 1. The van der Waals surface area contributed by atoms with Gasteiger partial charge in [-0.25, -0.2) is 4.79 Å². The molecule has 7 nitrogen and oxygen atoms in total. The van der Waals surface area contributed by atoms with Crippen LogP contribution < -0.4 is 20.1 Å². The number of nitrogens with one attached hydrogen (secondary N) is 3. The molecule has 1 heterocycles. The molecule has 0 saturated heterocycles. The largest absolute Gasteiger partial charge is 0.489 e. The molecule has 1 aromatic heterocycles. The van der Waals surface area contributed by atoms with Gasteiger partial charge in [0.2, 0.25) is 0 Å². The number of unbranched alkanes of at least 4 members (excludes halogenated alkanes) is 1. The molecule has 0 bridgehead atoms. The Morgan fingerprint density at radius 3 is 2.86 bits per heavy atom. The van der Waals surface area contributed by atoms with E-state index in [1.165, 1.54) is 6.07 Å². The van der Waals surface area contributed by atoms with Gasteiger partial charge in [0.1, 0.15) is 18.1 Å². The molecule has 0 unspecified atom stereocenters. The highest BCUT2D eigenvalue weighted by molar-refractivity contribution is 5.99. The van der Waals surface area contributed by atoms with Crippen molar-refractivity contribution in [2.24, 2.45) is 0 Å². The highest BCUT2D eigenvalue weighted by Gasteiger charge is 2.12. The van der Waals surface area contributed by atoms with E-state index in [0.717, 1.165) is 18.2 Å². The summed E-state index contributed by atoms with van der Waals surface area (Å²) in [6, 6.07) is 11.3. The van der Waals surface area contributed by atoms with Gasteiger partial charge in [-0.05, 0) is 24.6 Å². The Balaban J connectivity index is 1.65. The second kappa shape index (κ2) is 9.72. The Morgan fingerprint density at radius 2 is 2.07 bits per heavy atom. The molecule has 2 aromatic carbocycles. The first-order valence-corrected chi connectivity index (χ1v) is 9.25. The van der Waals surface area contributed by atoms with Gasteiger partial charge < -0.3 is 14.8 Å². The van der Waals surface area contributed by atoms with Gasteiger partial charge in [-0.3, -0.25) is 10.4 Å². The third-order valence-corrected chi connectivity index (χ3v) is 4.17.